The van der Waals surface area contributed by atoms with Gasteiger partial charge in [-0.1, -0.05) is 24.3 Å². The van der Waals surface area contributed by atoms with Crippen LogP contribution < -0.4 is 5.56 Å². The second kappa shape index (κ2) is 5.73. The normalized spacial score (nSPS) is 17.5. The average Bonchev–Trinajstić information content (AvgIpc) is 3.08. The molecule has 0 aliphatic carbocycles. The zero-order valence-corrected chi connectivity index (χ0v) is 13.2. The summed E-state index contributed by atoms with van der Waals surface area (Å²) in [6.45, 7) is -1.41. The number of hydrogen-bond acceptors (Lipinski definition) is 4. The third kappa shape index (κ3) is 2.66. The molecule has 1 aliphatic heterocycles. The summed E-state index contributed by atoms with van der Waals surface area (Å²) in [5, 5.41) is 17.9. The molecule has 3 aromatic rings. The molecule has 0 fully saturated rings. The largest absolute Gasteiger partial charge is 0.406 e. The fourth-order valence-electron chi connectivity index (χ4n) is 3.16. The summed E-state index contributed by atoms with van der Waals surface area (Å²) in [5.41, 5.74) is 0.290. The number of aromatic amines is 1. The summed E-state index contributed by atoms with van der Waals surface area (Å²) in [7, 11) is 0. The molecule has 2 N–H and O–H groups in total. The lowest BCUT2D eigenvalue weighted by molar-refractivity contribution is -0.140. The van der Waals surface area contributed by atoms with Crippen LogP contribution in [0.25, 0.3) is 21.8 Å². The van der Waals surface area contributed by atoms with Crippen molar-refractivity contribution in [2.75, 3.05) is 0 Å². The van der Waals surface area contributed by atoms with Crippen molar-refractivity contribution in [3.63, 3.8) is 0 Å². The Bertz CT molecular complexity index is 1110. The first-order valence-corrected chi connectivity index (χ1v) is 7.73. The molecule has 1 aliphatic rings. The van der Waals surface area contributed by atoms with Crippen LogP contribution in [0.15, 0.2) is 53.6 Å². The highest BCUT2D eigenvalue weighted by atomic mass is 19.4. The van der Waals surface area contributed by atoms with E-state index in [9.17, 15) is 23.2 Å². The van der Waals surface area contributed by atoms with Gasteiger partial charge in [-0.25, -0.2) is 0 Å². The Kier molecular flexibility index (Phi) is 3.62. The third-order valence-corrected chi connectivity index (χ3v) is 4.30. The first-order chi connectivity index (χ1) is 12.3. The van der Waals surface area contributed by atoms with Crippen LogP contribution in [0.4, 0.5) is 13.2 Å². The van der Waals surface area contributed by atoms with Crippen molar-refractivity contribution >= 4 is 21.8 Å². The maximum atomic E-state index is 13.0. The quantitative estimate of drug-likeness (QED) is 0.734. The maximum absolute atomic E-state index is 13.0. The maximum Gasteiger partial charge on any atom is 0.406 e. The van der Waals surface area contributed by atoms with E-state index in [0.29, 0.717) is 21.0 Å². The van der Waals surface area contributed by atoms with Gasteiger partial charge in [-0.3, -0.25) is 24.7 Å². The summed E-state index contributed by atoms with van der Waals surface area (Å²) in [6, 6.07) is 4.25. The standard InChI is InChI=1S/C17H13F3N4O2/c18-17(19,20)9-23-14-7-10(13-3-1-2-6-24(13)26)4-5-11(14)15-12(16(23)25)8-21-22-15/h1-8,13,26H,9H2,(H,21,22). The van der Waals surface area contributed by atoms with Gasteiger partial charge in [0.2, 0.25) is 0 Å². The summed E-state index contributed by atoms with van der Waals surface area (Å²) in [4.78, 5) is 12.6. The summed E-state index contributed by atoms with van der Waals surface area (Å²) >= 11 is 0. The number of allylic oxidation sites excluding steroid dienone is 2. The van der Waals surface area contributed by atoms with Crippen LogP contribution in [0, 0.1) is 0 Å². The molecule has 3 heterocycles. The summed E-state index contributed by atoms with van der Waals surface area (Å²) in [6.07, 6.45) is 3.16. The molecule has 2 aromatic heterocycles. The van der Waals surface area contributed by atoms with Crippen LogP contribution in [0.3, 0.4) is 0 Å². The Morgan fingerprint density at radius 1 is 1.23 bits per heavy atom. The number of halogens is 3. The van der Waals surface area contributed by atoms with Gasteiger partial charge >= 0.3 is 6.18 Å². The zero-order valence-electron chi connectivity index (χ0n) is 13.2. The molecule has 0 spiro atoms. The zero-order chi connectivity index (χ0) is 18.5. The van der Waals surface area contributed by atoms with E-state index in [2.05, 4.69) is 10.2 Å². The van der Waals surface area contributed by atoms with Crippen molar-refractivity contribution < 1.29 is 18.4 Å². The number of pyridine rings is 1. The van der Waals surface area contributed by atoms with E-state index >= 15 is 0 Å². The van der Waals surface area contributed by atoms with Crippen LogP contribution in [0.1, 0.15) is 11.6 Å². The third-order valence-electron chi connectivity index (χ3n) is 4.30. The summed E-state index contributed by atoms with van der Waals surface area (Å²) in [5.74, 6) is 0. The molecule has 6 nitrogen and oxygen atoms in total. The highest BCUT2D eigenvalue weighted by Gasteiger charge is 2.30. The number of hydroxylamine groups is 2. The van der Waals surface area contributed by atoms with Gasteiger partial charge in [-0.2, -0.15) is 18.3 Å². The van der Waals surface area contributed by atoms with E-state index in [1.165, 1.54) is 18.5 Å². The van der Waals surface area contributed by atoms with Gasteiger partial charge in [0.05, 0.1) is 28.7 Å². The lowest BCUT2D eigenvalue weighted by Gasteiger charge is -2.25. The Morgan fingerprint density at radius 2 is 2.04 bits per heavy atom. The van der Waals surface area contributed by atoms with Crippen molar-refractivity contribution in [3.8, 4) is 0 Å². The number of rotatable bonds is 2. The number of aromatic nitrogens is 3. The topological polar surface area (TPSA) is 74.2 Å². The number of hydrogen-bond donors (Lipinski definition) is 2. The number of nitrogens with zero attached hydrogens (tertiary/aromatic N) is 3. The van der Waals surface area contributed by atoms with Crippen molar-refractivity contribution in [2.24, 2.45) is 0 Å². The average molecular weight is 362 g/mol. The molecule has 0 amide bonds. The molecule has 134 valence electrons. The molecule has 26 heavy (non-hydrogen) atoms. The van der Waals surface area contributed by atoms with Crippen LogP contribution in [-0.4, -0.2) is 31.2 Å². The van der Waals surface area contributed by atoms with E-state index < -0.39 is 24.3 Å². The first kappa shape index (κ1) is 16.4. The Hall–Kier alpha value is -3.07. The lowest BCUT2D eigenvalue weighted by atomic mass is 10.0. The predicted octanol–water partition coefficient (Wildman–Crippen LogP) is 3.26. The minimum atomic E-state index is -4.55. The monoisotopic (exact) mass is 362 g/mol. The van der Waals surface area contributed by atoms with Gasteiger partial charge < -0.3 is 0 Å². The molecule has 1 aromatic carbocycles. The second-order valence-electron chi connectivity index (χ2n) is 5.99. The fraction of sp³-hybridized carbons (Fsp3) is 0.176. The molecule has 1 atom stereocenters. The smallest absolute Gasteiger partial charge is 0.298 e. The van der Waals surface area contributed by atoms with Gasteiger partial charge in [-0.05, 0) is 17.7 Å². The molecule has 9 heteroatoms. The highest BCUT2D eigenvalue weighted by Crippen LogP contribution is 2.30. The van der Waals surface area contributed by atoms with Gasteiger partial charge in [0.25, 0.3) is 5.56 Å². The van der Waals surface area contributed by atoms with Crippen molar-refractivity contribution in [1.82, 2.24) is 19.8 Å². The summed E-state index contributed by atoms with van der Waals surface area (Å²) < 4.78 is 39.8. The van der Waals surface area contributed by atoms with E-state index in [4.69, 9.17) is 0 Å². The van der Waals surface area contributed by atoms with E-state index in [0.717, 1.165) is 5.06 Å². The number of alkyl halides is 3. The van der Waals surface area contributed by atoms with E-state index in [-0.39, 0.29) is 10.9 Å². The van der Waals surface area contributed by atoms with Crippen LogP contribution in [-0.2, 0) is 6.54 Å². The van der Waals surface area contributed by atoms with Gasteiger partial charge in [-0.15, -0.1) is 0 Å². The molecule has 0 saturated heterocycles. The number of nitrogens with one attached hydrogen (secondary N) is 1. The number of fused-ring (bicyclic) bond motifs is 3. The van der Waals surface area contributed by atoms with Crippen LogP contribution in [0.5, 0.6) is 0 Å². The predicted molar refractivity (Wildman–Crippen MR) is 88.6 cm³/mol. The Labute approximate surface area is 144 Å². The van der Waals surface area contributed by atoms with Crippen molar-refractivity contribution in [1.29, 1.82) is 0 Å². The van der Waals surface area contributed by atoms with Crippen LogP contribution >= 0.6 is 0 Å². The number of H-pyrrole nitrogens is 1. The lowest BCUT2D eigenvalue weighted by Crippen LogP contribution is -2.28. The number of benzene rings is 1. The molecular formula is C17H13F3N4O2. The molecule has 0 radical (unpaired) electrons. The van der Waals surface area contributed by atoms with Gasteiger partial charge in [0.15, 0.2) is 0 Å². The van der Waals surface area contributed by atoms with Gasteiger partial charge in [0, 0.05) is 11.6 Å². The minimum Gasteiger partial charge on any atom is -0.298 e. The SMILES string of the molecule is O=c1c2cn[nH]c2c2ccc(C3C=CC=CN3O)cc2n1CC(F)(F)F. The van der Waals surface area contributed by atoms with Crippen molar-refractivity contribution in [3.05, 3.63) is 64.7 Å². The van der Waals surface area contributed by atoms with Gasteiger partial charge in [0.1, 0.15) is 6.54 Å². The highest BCUT2D eigenvalue weighted by molar-refractivity contribution is 6.03. The Morgan fingerprint density at radius 3 is 2.77 bits per heavy atom. The van der Waals surface area contributed by atoms with E-state index in [1.807, 2.05) is 0 Å². The molecule has 1 unspecified atom stereocenters. The second-order valence-corrected chi connectivity index (χ2v) is 5.99. The fourth-order valence-corrected chi connectivity index (χ4v) is 3.16. The molecule has 0 bridgehead atoms. The minimum absolute atomic E-state index is 0.0961. The van der Waals surface area contributed by atoms with Crippen molar-refractivity contribution in [2.45, 2.75) is 18.8 Å². The Balaban J connectivity index is 2.00. The van der Waals surface area contributed by atoms with Crippen LogP contribution in [0.2, 0.25) is 0 Å². The molecule has 4 rings (SSSR count). The molecule has 0 saturated carbocycles. The first-order valence-electron chi connectivity index (χ1n) is 7.73. The molecular weight excluding hydrogens is 349 g/mol. The van der Waals surface area contributed by atoms with E-state index in [1.54, 1.807) is 30.4 Å².